The van der Waals surface area contributed by atoms with Crippen molar-refractivity contribution >= 4 is 6.47 Å². The standard InChI is InChI=1S/C21H30O7/c1-10-11-7-12(27-9-22)13-19-6-4-5-18(2,3)14(19)17(25)21(26,28-8-19)20(13,15(10)23)16(11)24/h9,11-17,23-26H,1,4-8H2,2-3H3. The van der Waals surface area contributed by atoms with Crippen LogP contribution in [0.4, 0.5) is 0 Å². The minimum Gasteiger partial charge on any atom is -0.464 e. The van der Waals surface area contributed by atoms with E-state index in [0.717, 1.165) is 19.3 Å². The normalized spacial score (nSPS) is 58.8. The third-order valence-electron chi connectivity index (χ3n) is 9.20. The lowest BCUT2D eigenvalue weighted by Gasteiger charge is -2.75. The molecule has 4 bridgehead atoms. The van der Waals surface area contributed by atoms with Crippen molar-refractivity contribution in [3.05, 3.63) is 12.2 Å². The Morgan fingerprint density at radius 1 is 1.18 bits per heavy atom. The minimum absolute atomic E-state index is 0.205. The Hall–Kier alpha value is -0.990. The molecule has 0 amide bonds. The summed E-state index contributed by atoms with van der Waals surface area (Å²) in [5.74, 6) is -3.50. The van der Waals surface area contributed by atoms with Crippen LogP contribution in [0.25, 0.3) is 0 Å². The molecule has 2 saturated heterocycles. The van der Waals surface area contributed by atoms with Crippen molar-refractivity contribution in [3.8, 4) is 0 Å². The highest BCUT2D eigenvalue weighted by molar-refractivity contribution is 5.42. The monoisotopic (exact) mass is 394 g/mol. The zero-order valence-corrected chi connectivity index (χ0v) is 16.4. The van der Waals surface area contributed by atoms with Crippen molar-refractivity contribution in [1.29, 1.82) is 0 Å². The molecule has 28 heavy (non-hydrogen) atoms. The van der Waals surface area contributed by atoms with Gasteiger partial charge in [0.05, 0.1) is 24.2 Å². The Balaban J connectivity index is 1.80. The Morgan fingerprint density at radius 2 is 1.89 bits per heavy atom. The fourth-order valence-electron chi connectivity index (χ4n) is 8.46. The van der Waals surface area contributed by atoms with Gasteiger partial charge in [0, 0.05) is 23.2 Å². The molecule has 10 unspecified atom stereocenters. The fraction of sp³-hybridized carbons (Fsp3) is 0.857. The van der Waals surface area contributed by atoms with Crippen LogP contribution in [0, 0.1) is 34.0 Å². The quantitative estimate of drug-likeness (QED) is 0.394. The molecule has 0 aromatic heterocycles. The summed E-state index contributed by atoms with van der Waals surface area (Å²) >= 11 is 0. The lowest BCUT2D eigenvalue weighted by molar-refractivity contribution is -0.475. The van der Waals surface area contributed by atoms with Gasteiger partial charge in [-0.25, -0.2) is 0 Å². The van der Waals surface area contributed by atoms with Crippen LogP contribution < -0.4 is 0 Å². The molecule has 0 radical (unpaired) electrons. The SMILES string of the molecule is C=C1C2CC(OC=O)C3C45CCCC(C)(C)C4C(O)C(O)(OC5)C3(C1O)C2O. The number of hydrogen-bond donors (Lipinski definition) is 4. The zero-order chi connectivity index (χ0) is 20.3. The van der Waals surface area contributed by atoms with E-state index in [2.05, 4.69) is 20.4 Å². The van der Waals surface area contributed by atoms with Gasteiger partial charge < -0.3 is 29.9 Å². The molecule has 7 heteroatoms. The van der Waals surface area contributed by atoms with E-state index in [4.69, 9.17) is 9.47 Å². The molecule has 6 aliphatic rings. The molecule has 156 valence electrons. The zero-order valence-electron chi connectivity index (χ0n) is 16.4. The van der Waals surface area contributed by atoms with Crippen molar-refractivity contribution < 1.29 is 34.7 Å². The molecule has 6 rings (SSSR count). The highest BCUT2D eigenvalue weighted by Crippen LogP contribution is 2.77. The number of rotatable bonds is 2. The van der Waals surface area contributed by atoms with Crippen LogP contribution in [0.1, 0.15) is 39.5 Å². The summed E-state index contributed by atoms with van der Waals surface area (Å²) < 4.78 is 11.5. The maximum Gasteiger partial charge on any atom is 0.293 e. The molecule has 0 aromatic carbocycles. The second-order valence-electron chi connectivity index (χ2n) is 10.4. The van der Waals surface area contributed by atoms with Gasteiger partial charge in [-0.1, -0.05) is 26.8 Å². The molecular weight excluding hydrogens is 364 g/mol. The number of ether oxygens (including phenoxy) is 2. The third kappa shape index (κ3) is 1.70. The molecule has 4 saturated carbocycles. The van der Waals surface area contributed by atoms with Crippen LogP contribution in [0.5, 0.6) is 0 Å². The lowest BCUT2D eigenvalue weighted by Crippen LogP contribution is -2.85. The molecule has 10 atom stereocenters. The van der Waals surface area contributed by atoms with E-state index < -0.39 is 52.9 Å². The summed E-state index contributed by atoms with van der Waals surface area (Å²) in [6.45, 7) is 8.76. The highest BCUT2D eigenvalue weighted by Gasteiger charge is 2.87. The van der Waals surface area contributed by atoms with Gasteiger partial charge in [0.2, 0.25) is 5.79 Å². The minimum atomic E-state index is -2.14. The second kappa shape index (κ2) is 5.38. The van der Waals surface area contributed by atoms with Crippen LogP contribution in [0.15, 0.2) is 12.2 Å². The Bertz CT molecular complexity index is 736. The molecule has 2 aliphatic heterocycles. The first-order chi connectivity index (χ1) is 13.1. The third-order valence-corrected chi connectivity index (χ3v) is 9.20. The van der Waals surface area contributed by atoms with E-state index in [1.165, 1.54) is 0 Å². The fourth-order valence-corrected chi connectivity index (χ4v) is 8.46. The molecule has 2 heterocycles. The van der Waals surface area contributed by atoms with Crippen molar-refractivity contribution in [1.82, 2.24) is 0 Å². The number of aliphatic hydroxyl groups is 4. The van der Waals surface area contributed by atoms with Crippen molar-refractivity contribution in [2.24, 2.45) is 34.0 Å². The van der Waals surface area contributed by atoms with Gasteiger partial charge in [-0.2, -0.15) is 0 Å². The van der Waals surface area contributed by atoms with Gasteiger partial charge in [0.25, 0.3) is 6.47 Å². The van der Waals surface area contributed by atoms with Gasteiger partial charge in [-0.05, 0) is 30.3 Å². The molecule has 4 aliphatic carbocycles. The number of aliphatic hydroxyl groups excluding tert-OH is 3. The summed E-state index contributed by atoms with van der Waals surface area (Å²) in [6, 6.07) is 0. The predicted octanol–water partition coefficient (Wildman–Crippen LogP) is 0.348. The van der Waals surface area contributed by atoms with Crippen LogP contribution >= 0.6 is 0 Å². The summed E-state index contributed by atoms with van der Waals surface area (Å²) in [6.07, 6.45) is -1.37. The van der Waals surface area contributed by atoms with Crippen LogP contribution in [-0.4, -0.2) is 63.7 Å². The first-order valence-corrected chi connectivity index (χ1v) is 10.3. The topological polar surface area (TPSA) is 116 Å². The average Bonchev–Trinajstić information content (AvgIpc) is 2.74. The number of carbonyl (C=O) groups excluding carboxylic acids is 1. The highest BCUT2D eigenvalue weighted by atomic mass is 16.6. The average molecular weight is 394 g/mol. The Labute approximate surface area is 164 Å². The largest absolute Gasteiger partial charge is 0.464 e. The summed E-state index contributed by atoms with van der Waals surface area (Å²) in [5, 5.41) is 45.8. The maximum absolute atomic E-state index is 11.8. The van der Waals surface area contributed by atoms with Gasteiger partial charge in [0.1, 0.15) is 12.2 Å². The molecule has 7 nitrogen and oxygen atoms in total. The van der Waals surface area contributed by atoms with E-state index in [1.54, 1.807) is 0 Å². The lowest BCUT2D eigenvalue weighted by atomic mass is 9.35. The van der Waals surface area contributed by atoms with Gasteiger partial charge in [0.15, 0.2) is 0 Å². The first kappa shape index (κ1) is 19.0. The summed E-state index contributed by atoms with van der Waals surface area (Å²) in [4.78, 5) is 11.3. The van der Waals surface area contributed by atoms with Crippen LogP contribution in [0.3, 0.4) is 0 Å². The van der Waals surface area contributed by atoms with Crippen molar-refractivity contribution in [3.63, 3.8) is 0 Å². The first-order valence-electron chi connectivity index (χ1n) is 10.3. The molecular formula is C21H30O7. The number of fused-ring (bicyclic) bond motifs is 2. The molecule has 4 N–H and O–H groups in total. The van der Waals surface area contributed by atoms with Gasteiger partial charge in [-0.3, -0.25) is 4.79 Å². The smallest absolute Gasteiger partial charge is 0.293 e. The molecule has 6 fully saturated rings. The summed E-state index contributed by atoms with van der Waals surface area (Å²) in [5.41, 5.74) is -2.04. The Morgan fingerprint density at radius 3 is 2.57 bits per heavy atom. The van der Waals surface area contributed by atoms with Crippen LogP contribution in [-0.2, 0) is 14.3 Å². The second-order valence-corrected chi connectivity index (χ2v) is 10.4. The molecule has 0 aromatic rings. The summed E-state index contributed by atoms with van der Waals surface area (Å²) in [7, 11) is 0. The van der Waals surface area contributed by atoms with Crippen molar-refractivity contribution in [2.45, 2.75) is 69.7 Å². The van der Waals surface area contributed by atoms with Crippen molar-refractivity contribution in [2.75, 3.05) is 6.61 Å². The van der Waals surface area contributed by atoms with E-state index in [9.17, 15) is 25.2 Å². The molecule has 2 spiro atoms. The van der Waals surface area contributed by atoms with Gasteiger partial charge >= 0.3 is 0 Å². The van der Waals surface area contributed by atoms with Gasteiger partial charge in [-0.15, -0.1) is 0 Å². The Kier molecular flexibility index (Phi) is 3.65. The van der Waals surface area contributed by atoms with E-state index in [1.807, 2.05) is 0 Å². The maximum atomic E-state index is 11.8. The number of carbonyl (C=O) groups is 1. The van der Waals surface area contributed by atoms with Crippen LogP contribution in [0.2, 0.25) is 0 Å². The predicted molar refractivity (Wildman–Crippen MR) is 96.6 cm³/mol. The van der Waals surface area contributed by atoms with E-state index in [-0.39, 0.29) is 17.9 Å². The van der Waals surface area contributed by atoms with E-state index >= 15 is 0 Å². The van der Waals surface area contributed by atoms with E-state index in [0.29, 0.717) is 18.5 Å². The number of hydrogen-bond acceptors (Lipinski definition) is 7.